The lowest BCUT2D eigenvalue weighted by Gasteiger charge is -2.28. The van der Waals surface area contributed by atoms with Crippen molar-refractivity contribution in [1.82, 2.24) is 9.78 Å². The summed E-state index contributed by atoms with van der Waals surface area (Å²) in [5.41, 5.74) is 1.84. The summed E-state index contributed by atoms with van der Waals surface area (Å²) in [4.78, 5) is 12.1. The molecule has 1 aliphatic rings. The summed E-state index contributed by atoms with van der Waals surface area (Å²) in [5, 5.41) is 16.8. The third-order valence-electron chi connectivity index (χ3n) is 3.75. The summed E-state index contributed by atoms with van der Waals surface area (Å²) in [5.74, 6) is 0.971. The largest absolute Gasteiger partial charge is 0.508 e. The molecule has 5 nitrogen and oxygen atoms in total. The van der Waals surface area contributed by atoms with E-state index in [-0.39, 0.29) is 23.1 Å². The van der Waals surface area contributed by atoms with Crippen molar-refractivity contribution in [2.75, 3.05) is 5.32 Å². The van der Waals surface area contributed by atoms with Gasteiger partial charge in [0.15, 0.2) is 0 Å². The molecule has 2 aromatic rings. The number of fused-ring (bicyclic) bond motifs is 1. The summed E-state index contributed by atoms with van der Waals surface area (Å²) in [6.45, 7) is 6.16. The second kappa shape index (κ2) is 4.62. The standard InChI is InChI=1S/C16H19N3O2/c1-16(2,3)19-15-13(9-17-19)12(8-14(21)18-15)10-4-6-11(20)7-5-10/h4-7,9,12,20H,8H2,1-3H3,(H,18,21)/t12-/m0/s1. The van der Waals surface area contributed by atoms with E-state index in [9.17, 15) is 9.90 Å². The number of phenolic OH excluding ortho intramolecular Hbond substituents is 1. The van der Waals surface area contributed by atoms with Gasteiger partial charge in [0.25, 0.3) is 0 Å². The Labute approximate surface area is 123 Å². The zero-order chi connectivity index (χ0) is 15.2. The second-order valence-electron chi connectivity index (χ2n) is 6.43. The van der Waals surface area contributed by atoms with Gasteiger partial charge in [0.1, 0.15) is 11.6 Å². The number of hydrogen-bond donors (Lipinski definition) is 2. The third kappa shape index (κ3) is 2.39. The van der Waals surface area contributed by atoms with Crippen LogP contribution in [-0.2, 0) is 10.3 Å². The van der Waals surface area contributed by atoms with Crippen LogP contribution in [0, 0.1) is 0 Å². The molecule has 21 heavy (non-hydrogen) atoms. The van der Waals surface area contributed by atoms with Gasteiger partial charge in [-0.2, -0.15) is 5.10 Å². The topological polar surface area (TPSA) is 67.2 Å². The van der Waals surface area contributed by atoms with E-state index < -0.39 is 0 Å². The Morgan fingerprint density at radius 1 is 1.29 bits per heavy atom. The second-order valence-corrected chi connectivity index (χ2v) is 6.43. The normalized spacial score (nSPS) is 18.2. The number of phenols is 1. The third-order valence-corrected chi connectivity index (χ3v) is 3.75. The molecule has 0 saturated carbocycles. The van der Waals surface area contributed by atoms with Gasteiger partial charge in [0.2, 0.25) is 5.91 Å². The van der Waals surface area contributed by atoms with E-state index in [1.54, 1.807) is 12.1 Å². The van der Waals surface area contributed by atoms with Crippen LogP contribution < -0.4 is 5.32 Å². The Balaban J connectivity index is 2.09. The first-order chi connectivity index (χ1) is 9.86. The lowest BCUT2D eigenvalue weighted by Crippen LogP contribution is -2.30. The minimum absolute atomic E-state index is 0.00780. The Morgan fingerprint density at radius 2 is 1.95 bits per heavy atom. The lowest BCUT2D eigenvalue weighted by atomic mass is 9.87. The van der Waals surface area contributed by atoms with Crippen molar-refractivity contribution < 1.29 is 9.90 Å². The van der Waals surface area contributed by atoms with Crippen LogP contribution in [-0.4, -0.2) is 20.8 Å². The molecule has 0 radical (unpaired) electrons. The summed E-state index contributed by atoms with van der Waals surface area (Å²) in [7, 11) is 0. The molecular weight excluding hydrogens is 266 g/mol. The molecule has 0 spiro atoms. The highest BCUT2D eigenvalue weighted by Gasteiger charge is 2.32. The molecule has 110 valence electrons. The van der Waals surface area contributed by atoms with Gasteiger partial charge in [0.05, 0.1) is 11.7 Å². The van der Waals surface area contributed by atoms with Crippen molar-refractivity contribution in [2.45, 2.75) is 38.6 Å². The van der Waals surface area contributed by atoms with Crippen molar-refractivity contribution in [3.8, 4) is 5.75 Å². The van der Waals surface area contributed by atoms with Gasteiger partial charge in [0, 0.05) is 17.9 Å². The molecule has 1 aromatic carbocycles. The molecular formula is C16H19N3O2. The fourth-order valence-corrected chi connectivity index (χ4v) is 2.73. The van der Waals surface area contributed by atoms with Crippen LogP contribution in [0.25, 0.3) is 0 Å². The summed E-state index contributed by atoms with van der Waals surface area (Å²) in [6, 6.07) is 7.01. The Kier molecular flexibility index (Phi) is 3.01. The maximum absolute atomic E-state index is 12.1. The van der Waals surface area contributed by atoms with E-state index in [0.717, 1.165) is 16.9 Å². The van der Waals surface area contributed by atoms with Crippen LogP contribution in [0.5, 0.6) is 5.75 Å². The molecule has 0 unspecified atom stereocenters. The zero-order valence-electron chi connectivity index (χ0n) is 12.4. The first kappa shape index (κ1) is 13.7. The van der Waals surface area contributed by atoms with Gasteiger partial charge in [-0.05, 0) is 38.5 Å². The Morgan fingerprint density at radius 3 is 2.57 bits per heavy atom. The number of hydrogen-bond acceptors (Lipinski definition) is 3. The van der Waals surface area contributed by atoms with Crippen molar-refractivity contribution in [3.63, 3.8) is 0 Å². The van der Waals surface area contributed by atoms with E-state index in [1.165, 1.54) is 0 Å². The zero-order valence-corrected chi connectivity index (χ0v) is 12.4. The number of carbonyl (C=O) groups excluding carboxylic acids is 1. The number of anilines is 1. The highest BCUT2D eigenvalue weighted by molar-refractivity contribution is 5.94. The minimum atomic E-state index is -0.197. The van der Waals surface area contributed by atoms with Crippen LogP contribution in [0.1, 0.15) is 44.2 Å². The number of aromatic nitrogens is 2. The van der Waals surface area contributed by atoms with Gasteiger partial charge < -0.3 is 10.4 Å². The molecule has 0 aliphatic carbocycles. The van der Waals surface area contributed by atoms with Crippen LogP contribution in [0.3, 0.4) is 0 Å². The van der Waals surface area contributed by atoms with Crippen LogP contribution in [0.2, 0.25) is 0 Å². The number of amides is 1. The average molecular weight is 285 g/mol. The molecule has 1 atom stereocenters. The van der Waals surface area contributed by atoms with Crippen molar-refractivity contribution in [1.29, 1.82) is 0 Å². The highest BCUT2D eigenvalue weighted by atomic mass is 16.3. The maximum atomic E-state index is 12.1. The van der Waals surface area contributed by atoms with Gasteiger partial charge in [-0.25, -0.2) is 4.68 Å². The number of nitrogens with zero attached hydrogens (tertiary/aromatic N) is 2. The van der Waals surface area contributed by atoms with Crippen LogP contribution >= 0.6 is 0 Å². The number of aromatic hydroxyl groups is 1. The van der Waals surface area contributed by atoms with Crippen molar-refractivity contribution in [2.24, 2.45) is 0 Å². The van der Waals surface area contributed by atoms with Crippen molar-refractivity contribution >= 4 is 11.7 Å². The van der Waals surface area contributed by atoms with E-state index in [2.05, 4.69) is 31.2 Å². The molecule has 1 aromatic heterocycles. The first-order valence-corrected chi connectivity index (χ1v) is 7.03. The molecule has 0 saturated heterocycles. The predicted octanol–water partition coefficient (Wildman–Crippen LogP) is 2.82. The molecule has 0 bridgehead atoms. The fraction of sp³-hybridized carbons (Fsp3) is 0.375. The van der Waals surface area contributed by atoms with E-state index >= 15 is 0 Å². The minimum Gasteiger partial charge on any atom is -0.508 e. The smallest absolute Gasteiger partial charge is 0.226 e. The van der Waals surface area contributed by atoms with E-state index in [1.807, 2.05) is 23.0 Å². The van der Waals surface area contributed by atoms with Gasteiger partial charge in [-0.1, -0.05) is 12.1 Å². The number of nitrogens with one attached hydrogen (secondary N) is 1. The Bertz CT molecular complexity index is 681. The molecule has 1 aliphatic heterocycles. The van der Waals surface area contributed by atoms with E-state index in [0.29, 0.717) is 6.42 Å². The molecule has 2 N–H and O–H groups in total. The first-order valence-electron chi connectivity index (χ1n) is 7.03. The van der Waals surface area contributed by atoms with Gasteiger partial charge in [-0.15, -0.1) is 0 Å². The van der Waals surface area contributed by atoms with Gasteiger partial charge in [-0.3, -0.25) is 4.79 Å². The summed E-state index contributed by atoms with van der Waals surface area (Å²) in [6.07, 6.45) is 2.23. The Hall–Kier alpha value is -2.30. The monoisotopic (exact) mass is 285 g/mol. The lowest BCUT2D eigenvalue weighted by molar-refractivity contribution is -0.116. The predicted molar refractivity (Wildman–Crippen MR) is 80.4 cm³/mol. The average Bonchev–Trinajstić information content (AvgIpc) is 2.82. The van der Waals surface area contributed by atoms with E-state index in [4.69, 9.17) is 0 Å². The fourth-order valence-electron chi connectivity index (χ4n) is 2.73. The number of rotatable bonds is 1. The van der Waals surface area contributed by atoms with Crippen LogP contribution in [0.15, 0.2) is 30.5 Å². The number of benzene rings is 1. The number of carbonyl (C=O) groups is 1. The molecule has 0 fully saturated rings. The van der Waals surface area contributed by atoms with Crippen LogP contribution in [0.4, 0.5) is 5.82 Å². The molecule has 5 heteroatoms. The maximum Gasteiger partial charge on any atom is 0.226 e. The SMILES string of the molecule is CC(C)(C)n1ncc2c1NC(=O)C[C@H]2c1ccc(O)cc1. The quantitative estimate of drug-likeness (QED) is 0.846. The highest BCUT2D eigenvalue weighted by Crippen LogP contribution is 2.39. The van der Waals surface area contributed by atoms with Gasteiger partial charge >= 0.3 is 0 Å². The molecule has 2 heterocycles. The summed E-state index contributed by atoms with van der Waals surface area (Å²) < 4.78 is 1.85. The summed E-state index contributed by atoms with van der Waals surface area (Å²) >= 11 is 0. The molecule has 3 rings (SSSR count). The van der Waals surface area contributed by atoms with Crippen molar-refractivity contribution in [3.05, 3.63) is 41.6 Å². The molecule has 1 amide bonds.